The zero-order valence-corrected chi connectivity index (χ0v) is 14.3. The molecule has 3 unspecified atom stereocenters. The highest BCUT2D eigenvalue weighted by Crippen LogP contribution is 2.40. The van der Waals surface area contributed by atoms with Crippen LogP contribution in [0.1, 0.15) is 40.9 Å². The molecule has 0 aliphatic carbocycles. The average molecular weight is 344 g/mol. The van der Waals surface area contributed by atoms with E-state index in [1.807, 2.05) is 7.05 Å². The number of ketones is 1. The number of rotatable bonds is 5. The van der Waals surface area contributed by atoms with Crippen LogP contribution in [0.5, 0.6) is 0 Å². The molecule has 3 atom stereocenters. The van der Waals surface area contributed by atoms with Gasteiger partial charge in [-0.25, -0.2) is 0 Å². The lowest BCUT2D eigenvalue weighted by Crippen LogP contribution is -2.46. The lowest BCUT2D eigenvalue weighted by Gasteiger charge is -2.35. The number of thiophene rings is 1. The number of nitrogens with two attached hydrogens (primary N) is 1. The smallest absolute Gasteiger partial charge is 0.189 e. The number of nitrogens with one attached hydrogen (secondary N) is 2. The molecule has 22 heavy (non-hydrogen) atoms. The predicted molar refractivity (Wildman–Crippen MR) is 90.4 cm³/mol. The molecular formula is C15H22ClN3O2S. The molecule has 5 N–H and O–H groups in total. The summed E-state index contributed by atoms with van der Waals surface area (Å²) in [6.45, 7) is 1.61. The highest BCUT2D eigenvalue weighted by atomic mass is 35.5. The van der Waals surface area contributed by atoms with Gasteiger partial charge in [-0.3, -0.25) is 4.79 Å². The number of aliphatic hydroxyl groups is 1. The first-order valence-electron chi connectivity index (χ1n) is 7.28. The molecule has 0 amide bonds. The van der Waals surface area contributed by atoms with Crippen molar-refractivity contribution in [1.82, 2.24) is 10.6 Å². The quantitative estimate of drug-likeness (QED) is 0.613. The van der Waals surface area contributed by atoms with Crippen LogP contribution in [0.25, 0.3) is 0 Å². The first-order valence-corrected chi connectivity index (χ1v) is 8.47. The van der Waals surface area contributed by atoms with Crippen LogP contribution in [0.2, 0.25) is 4.34 Å². The van der Waals surface area contributed by atoms with E-state index in [0.29, 0.717) is 9.90 Å². The van der Waals surface area contributed by atoms with E-state index in [1.54, 1.807) is 12.3 Å². The molecule has 0 bridgehead atoms. The second-order valence-electron chi connectivity index (χ2n) is 5.63. The minimum atomic E-state index is -0.494. The van der Waals surface area contributed by atoms with Crippen molar-refractivity contribution in [3.63, 3.8) is 0 Å². The molecule has 1 fully saturated rings. The maximum atomic E-state index is 11.9. The molecule has 0 aromatic carbocycles. The van der Waals surface area contributed by atoms with E-state index in [2.05, 4.69) is 17.6 Å². The van der Waals surface area contributed by atoms with Crippen LogP contribution in [0.15, 0.2) is 18.0 Å². The van der Waals surface area contributed by atoms with Gasteiger partial charge in [-0.15, -0.1) is 11.3 Å². The molecule has 1 saturated heterocycles. The number of carbonyl (C=O) groups excluding carboxylic acids is 1. The number of halogens is 1. The Morgan fingerprint density at radius 2 is 2.36 bits per heavy atom. The van der Waals surface area contributed by atoms with Crippen LogP contribution in [0, 0.1) is 0 Å². The molecule has 0 spiro atoms. The summed E-state index contributed by atoms with van der Waals surface area (Å²) in [5.74, 6) is -0.0762. The summed E-state index contributed by atoms with van der Waals surface area (Å²) < 4.78 is 0.577. The lowest BCUT2D eigenvalue weighted by molar-refractivity contribution is 0.0902. The van der Waals surface area contributed by atoms with Gasteiger partial charge in [-0.2, -0.15) is 0 Å². The van der Waals surface area contributed by atoms with Crippen molar-refractivity contribution < 1.29 is 9.90 Å². The van der Waals surface area contributed by atoms with Crippen LogP contribution in [-0.4, -0.2) is 36.6 Å². The molecule has 2 heterocycles. The summed E-state index contributed by atoms with van der Waals surface area (Å²) in [5.41, 5.74) is 7.39. The molecule has 1 aromatic heterocycles. The minimum Gasteiger partial charge on any atom is -0.400 e. The van der Waals surface area contributed by atoms with Gasteiger partial charge >= 0.3 is 0 Å². The van der Waals surface area contributed by atoms with Crippen LogP contribution in [0.4, 0.5) is 0 Å². The Morgan fingerprint density at radius 1 is 1.64 bits per heavy atom. The Bertz CT molecular complexity index is 573. The molecule has 0 radical (unpaired) electrons. The topological polar surface area (TPSA) is 87.4 Å². The van der Waals surface area contributed by atoms with E-state index in [1.165, 1.54) is 11.3 Å². The predicted octanol–water partition coefficient (Wildman–Crippen LogP) is 1.82. The monoisotopic (exact) mass is 343 g/mol. The van der Waals surface area contributed by atoms with Crippen molar-refractivity contribution in [3.8, 4) is 0 Å². The first kappa shape index (κ1) is 17.3. The lowest BCUT2D eigenvalue weighted by atomic mass is 9.84. The van der Waals surface area contributed by atoms with Crippen LogP contribution in [-0.2, 0) is 0 Å². The fraction of sp³-hybridized carbons (Fsp3) is 0.533. The summed E-state index contributed by atoms with van der Waals surface area (Å²) in [6, 6.07) is 2.00. The zero-order valence-electron chi connectivity index (χ0n) is 12.7. The van der Waals surface area contributed by atoms with E-state index >= 15 is 0 Å². The Morgan fingerprint density at radius 3 is 3.00 bits per heavy atom. The SMILES string of the molecule is CN/C=C(\N)C1CC(c2sc(Cl)cc2C(=O)CO)CC(C)N1. The largest absolute Gasteiger partial charge is 0.400 e. The summed E-state index contributed by atoms with van der Waals surface area (Å²) in [6.07, 6.45) is 3.50. The minimum absolute atomic E-state index is 0.0548. The molecule has 1 aromatic rings. The molecule has 122 valence electrons. The van der Waals surface area contributed by atoms with Gasteiger partial charge in [-0.1, -0.05) is 11.6 Å². The molecule has 1 aliphatic heterocycles. The second kappa shape index (κ2) is 7.46. The van der Waals surface area contributed by atoms with E-state index in [4.69, 9.17) is 22.4 Å². The third-order valence-electron chi connectivity index (χ3n) is 3.90. The van der Waals surface area contributed by atoms with Crippen molar-refractivity contribution in [1.29, 1.82) is 0 Å². The summed E-state index contributed by atoms with van der Waals surface area (Å²) >= 11 is 7.52. The highest BCUT2D eigenvalue weighted by molar-refractivity contribution is 7.16. The molecular weight excluding hydrogens is 322 g/mol. The normalized spacial score (nSPS) is 26.0. The van der Waals surface area contributed by atoms with Crippen molar-refractivity contribution in [2.24, 2.45) is 5.73 Å². The molecule has 7 heteroatoms. The third kappa shape index (κ3) is 3.81. The number of aliphatic hydroxyl groups excluding tert-OH is 1. The van der Waals surface area contributed by atoms with Gasteiger partial charge in [0.1, 0.15) is 6.61 Å². The molecule has 0 saturated carbocycles. The van der Waals surface area contributed by atoms with E-state index in [0.717, 1.165) is 23.4 Å². The summed E-state index contributed by atoms with van der Waals surface area (Å²) in [7, 11) is 1.81. The Labute approximate surface area is 139 Å². The average Bonchev–Trinajstić information content (AvgIpc) is 2.88. The van der Waals surface area contributed by atoms with Gasteiger partial charge in [0.25, 0.3) is 0 Å². The second-order valence-corrected chi connectivity index (χ2v) is 7.35. The fourth-order valence-corrected chi connectivity index (χ4v) is 4.37. The van der Waals surface area contributed by atoms with Gasteiger partial charge in [0, 0.05) is 41.5 Å². The van der Waals surface area contributed by atoms with Crippen molar-refractivity contribution in [2.75, 3.05) is 13.7 Å². The maximum absolute atomic E-state index is 11.9. The molecule has 5 nitrogen and oxygen atoms in total. The van der Waals surface area contributed by atoms with Crippen LogP contribution >= 0.6 is 22.9 Å². The van der Waals surface area contributed by atoms with Gasteiger partial charge in [0.2, 0.25) is 0 Å². The summed E-state index contributed by atoms with van der Waals surface area (Å²) in [4.78, 5) is 12.9. The van der Waals surface area contributed by atoms with E-state index in [9.17, 15) is 4.79 Å². The third-order valence-corrected chi connectivity index (χ3v) is 5.33. The molecule has 2 rings (SSSR count). The van der Waals surface area contributed by atoms with Crippen LogP contribution < -0.4 is 16.4 Å². The number of Topliss-reactive ketones (excluding diaryl/α,β-unsaturated/α-hetero) is 1. The standard InChI is InChI=1S/C15H22ClN3O2S/c1-8-3-9(4-12(19-8)11(17)6-18-2)15-10(13(21)7-20)5-14(16)22-15/h5-6,8-9,12,18-20H,3-4,7,17H2,1-2H3/b11-6-. The number of hydrogen-bond donors (Lipinski definition) is 4. The Balaban J connectivity index is 2.28. The van der Waals surface area contributed by atoms with E-state index < -0.39 is 6.61 Å². The van der Waals surface area contributed by atoms with Gasteiger partial charge < -0.3 is 21.5 Å². The van der Waals surface area contributed by atoms with Gasteiger partial charge in [0.05, 0.1) is 4.34 Å². The number of hydrogen-bond acceptors (Lipinski definition) is 6. The maximum Gasteiger partial charge on any atom is 0.189 e. The Hall–Kier alpha value is -1.08. The van der Waals surface area contributed by atoms with Gasteiger partial charge in [-0.05, 0) is 31.7 Å². The Kier molecular flexibility index (Phi) is 5.86. The fourth-order valence-electron chi connectivity index (χ4n) is 2.98. The van der Waals surface area contributed by atoms with Gasteiger partial charge in [0.15, 0.2) is 5.78 Å². The van der Waals surface area contributed by atoms with Crippen molar-refractivity contribution in [2.45, 2.75) is 37.8 Å². The zero-order chi connectivity index (χ0) is 16.3. The van der Waals surface area contributed by atoms with Crippen LogP contribution in [0.3, 0.4) is 0 Å². The number of piperidine rings is 1. The first-order chi connectivity index (χ1) is 10.5. The summed E-state index contributed by atoms with van der Waals surface area (Å²) in [5, 5.41) is 15.6. The number of carbonyl (C=O) groups is 1. The highest BCUT2D eigenvalue weighted by Gasteiger charge is 2.31. The van der Waals surface area contributed by atoms with Crippen molar-refractivity contribution >= 4 is 28.7 Å². The molecule has 1 aliphatic rings. The van der Waals surface area contributed by atoms with E-state index in [-0.39, 0.29) is 23.8 Å². The van der Waals surface area contributed by atoms with Crippen molar-refractivity contribution in [3.05, 3.63) is 32.7 Å².